The highest BCUT2D eigenvalue weighted by Crippen LogP contribution is 2.36. The van der Waals surface area contributed by atoms with Crippen LogP contribution in [0.3, 0.4) is 0 Å². The Hall–Kier alpha value is -3.19. The highest BCUT2D eigenvalue weighted by molar-refractivity contribution is 7.80. The highest BCUT2D eigenvalue weighted by atomic mass is 32.1. The van der Waals surface area contributed by atoms with Gasteiger partial charge in [-0.1, -0.05) is 49.0 Å². The fraction of sp³-hybridized carbons (Fsp3) is 0.292. The van der Waals surface area contributed by atoms with Crippen molar-refractivity contribution in [2.24, 2.45) is 0 Å². The number of piperidine rings is 1. The van der Waals surface area contributed by atoms with Crippen LogP contribution in [-0.4, -0.2) is 34.9 Å². The van der Waals surface area contributed by atoms with E-state index in [0.717, 1.165) is 22.4 Å². The quantitative estimate of drug-likeness (QED) is 0.389. The fourth-order valence-electron chi connectivity index (χ4n) is 3.90. The Morgan fingerprint density at radius 3 is 2.39 bits per heavy atom. The molecule has 2 aromatic carbocycles. The first-order valence-corrected chi connectivity index (χ1v) is 10.7. The van der Waals surface area contributed by atoms with Crippen molar-refractivity contribution in [2.45, 2.75) is 32.1 Å². The van der Waals surface area contributed by atoms with Crippen LogP contribution in [0.4, 0.5) is 5.69 Å². The summed E-state index contributed by atoms with van der Waals surface area (Å²) >= 11 is 5.38. The van der Waals surface area contributed by atoms with Crippen LogP contribution in [0.25, 0.3) is 0 Å². The summed E-state index contributed by atoms with van der Waals surface area (Å²) in [6.07, 6.45) is 2.34. The predicted molar refractivity (Wildman–Crippen MR) is 128 cm³/mol. The number of anilines is 1. The minimum atomic E-state index is -0.749. The summed E-state index contributed by atoms with van der Waals surface area (Å²) in [6.45, 7) is 8.53. The van der Waals surface area contributed by atoms with Gasteiger partial charge < -0.3 is 10.2 Å². The first-order valence-electron chi connectivity index (χ1n) is 10.3. The average Bonchev–Trinajstić information content (AvgIpc) is 2.80. The molecule has 7 heteroatoms. The molecule has 1 aliphatic heterocycles. The van der Waals surface area contributed by atoms with Crippen LogP contribution in [0.2, 0.25) is 0 Å². The van der Waals surface area contributed by atoms with Crippen molar-refractivity contribution in [3.05, 3.63) is 77.9 Å². The number of carbonyl (C=O) groups excluding carboxylic acids is 2. The molecule has 0 saturated carbocycles. The summed E-state index contributed by atoms with van der Waals surface area (Å²) in [5.74, 6) is -0.284. The number of hydrazine groups is 1. The number of rotatable bonds is 4. The minimum absolute atomic E-state index is 0.112. The topological polar surface area (TPSA) is 73.5 Å². The normalized spacial score (nSPS) is 15.0. The van der Waals surface area contributed by atoms with Crippen LogP contribution < -0.4 is 16.2 Å². The van der Waals surface area contributed by atoms with Crippen molar-refractivity contribution in [3.8, 4) is 0 Å². The molecule has 1 aliphatic rings. The molecule has 2 amide bonds. The Kier molecular flexibility index (Phi) is 7.07. The molecule has 0 unspecified atom stereocenters. The molecule has 31 heavy (non-hydrogen) atoms. The van der Waals surface area contributed by atoms with Crippen molar-refractivity contribution in [1.82, 2.24) is 15.8 Å². The minimum Gasteiger partial charge on any atom is -0.339 e. The Morgan fingerprint density at radius 1 is 1.06 bits per heavy atom. The number of nitrogens with one attached hydrogen (secondary N) is 3. The van der Waals surface area contributed by atoms with Crippen LogP contribution in [0.5, 0.6) is 0 Å². The lowest BCUT2D eigenvalue weighted by Crippen LogP contribution is -2.56. The number of aryl methyl sites for hydroxylation is 2. The molecule has 1 saturated heterocycles. The van der Waals surface area contributed by atoms with Gasteiger partial charge in [0.15, 0.2) is 5.11 Å². The Morgan fingerprint density at radius 2 is 1.74 bits per heavy atom. The SMILES string of the molecule is C=CC(=O)N1CCC(C(=O)NNC(=S)Nc2cc(C)ccc2C)(c2ccccc2)CC1. The number of hydrogen-bond donors (Lipinski definition) is 3. The maximum absolute atomic E-state index is 13.4. The number of amides is 2. The molecular formula is C24H28N4O2S. The zero-order valence-electron chi connectivity index (χ0n) is 17.9. The van der Waals surface area contributed by atoms with Crippen molar-refractivity contribution < 1.29 is 9.59 Å². The third-order valence-electron chi connectivity index (χ3n) is 5.80. The van der Waals surface area contributed by atoms with Gasteiger partial charge in [0.05, 0.1) is 5.41 Å². The van der Waals surface area contributed by atoms with E-state index in [1.165, 1.54) is 6.08 Å². The lowest BCUT2D eigenvalue weighted by Gasteiger charge is -2.40. The van der Waals surface area contributed by atoms with Crippen LogP contribution in [0.15, 0.2) is 61.2 Å². The molecule has 0 aliphatic carbocycles. The van der Waals surface area contributed by atoms with Crippen LogP contribution >= 0.6 is 12.2 Å². The molecule has 0 aromatic heterocycles. The highest BCUT2D eigenvalue weighted by Gasteiger charge is 2.43. The number of benzene rings is 2. The number of nitrogens with zero attached hydrogens (tertiary/aromatic N) is 1. The molecule has 0 atom stereocenters. The molecule has 3 N–H and O–H groups in total. The summed E-state index contributed by atoms with van der Waals surface area (Å²) in [7, 11) is 0. The summed E-state index contributed by atoms with van der Waals surface area (Å²) in [4.78, 5) is 27.1. The molecule has 3 rings (SSSR count). The summed E-state index contributed by atoms with van der Waals surface area (Å²) in [6, 6.07) is 15.7. The monoisotopic (exact) mass is 436 g/mol. The predicted octanol–water partition coefficient (Wildman–Crippen LogP) is 3.37. The van der Waals surface area contributed by atoms with Crippen LogP contribution in [-0.2, 0) is 15.0 Å². The van der Waals surface area contributed by atoms with Gasteiger partial charge in [-0.25, -0.2) is 0 Å². The summed E-state index contributed by atoms with van der Waals surface area (Å²) in [5, 5.41) is 3.44. The van der Waals surface area contributed by atoms with E-state index in [2.05, 4.69) is 22.7 Å². The molecule has 6 nitrogen and oxygen atoms in total. The summed E-state index contributed by atoms with van der Waals surface area (Å²) in [5.41, 5.74) is 8.86. The molecule has 1 fully saturated rings. The number of likely N-dealkylation sites (tertiary alicyclic amines) is 1. The molecule has 162 valence electrons. The second kappa shape index (κ2) is 9.75. The van der Waals surface area contributed by atoms with E-state index in [-0.39, 0.29) is 11.8 Å². The smallest absolute Gasteiger partial charge is 0.249 e. The second-order valence-electron chi connectivity index (χ2n) is 7.83. The zero-order chi connectivity index (χ0) is 22.4. The van der Waals surface area contributed by atoms with Gasteiger partial charge in [-0.15, -0.1) is 0 Å². The van der Waals surface area contributed by atoms with E-state index in [1.54, 1.807) is 4.90 Å². The third-order valence-corrected chi connectivity index (χ3v) is 6.00. The number of carbonyl (C=O) groups is 2. The van der Waals surface area contributed by atoms with Gasteiger partial charge in [0.25, 0.3) is 0 Å². The van der Waals surface area contributed by atoms with Gasteiger partial charge in [-0.05, 0) is 67.7 Å². The van der Waals surface area contributed by atoms with Gasteiger partial charge in [0.2, 0.25) is 11.8 Å². The van der Waals surface area contributed by atoms with E-state index >= 15 is 0 Å². The molecule has 2 aromatic rings. The second-order valence-corrected chi connectivity index (χ2v) is 8.24. The maximum Gasteiger partial charge on any atom is 0.249 e. The van der Waals surface area contributed by atoms with Gasteiger partial charge in [0, 0.05) is 18.8 Å². The van der Waals surface area contributed by atoms with Gasteiger partial charge in [0.1, 0.15) is 0 Å². The summed E-state index contributed by atoms with van der Waals surface area (Å²) < 4.78 is 0. The van der Waals surface area contributed by atoms with Crippen molar-refractivity contribution >= 4 is 34.8 Å². The average molecular weight is 437 g/mol. The van der Waals surface area contributed by atoms with E-state index in [0.29, 0.717) is 31.0 Å². The lowest BCUT2D eigenvalue weighted by molar-refractivity contribution is -0.134. The van der Waals surface area contributed by atoms with E-state index in [9.17, 15) is 9.59 Å². The van der Waals surface area contributed by atoms with Crippen molar-refractivity contribution in [2.75, 3.05) is 18.4 Å². The molecule has 0 bridgehead atoms. The Bertz CT molecular complexity index is 982. The third kappa shape index (κ3) is 5.11. The number of hydrogen-bond acceptors (Lipinski definition) is 3. The zero-order valence-corrected chi connectivity index (χ0v) is 18.7. The van der Waals surface area contributed by atoms with E-state index in [1.807, 2.05) is 62.4 Å². The van der Waals surface area contributed by atoms with Gasteiger partial charge >= 0.3 is 0 Å². The van der Waals surface area contributed by atoms with Crippen molar-refractivity contribution in [3.63, 3.8) is 0 Å². The van der Waals surface area contributed by atoms with Gasteiger partial charge in [-0.3, -0.25) is 20.4 Å². The van der Waals surface area contributed by atoms with Crippen LogP contribution in [0.1, 0.15) is 29.5 Å². The van der Waals surface area contributed by atoms with Gasteiger partial charge in [-0.2, -0.15) is 0 Å². The first-order chi connectivity index (χ1) is 14.9. The van der Waals surface area contributed by atoms with E-state index in [4.69, 9.17) is 12.2 Å². The molecule has 0 radical (unpaired) electrons. The number of thiocarbonyl (C=S) groups is 1. The standard InChI is InChI=1S/C24H28N4O2S/c1-4-21(29)28-14-12-24(13-15-28,19-8-6-5-7-9-19)22(30)26-27-23(31)25-20-16-17(2)10-11-18(20)3/h4-11,16H,1,12-15H2,2-3H3,(H,26,30)(H2,25,27,31). The first kappa shape index (κ1) is 22.5. The molecular weight excluding hydrogens is 408 g/mol. The van der Waals surface area contributed by atoms with E-state index < -0.39 is 5.41 Å². The Labute approximate surface area is 188 Å². The molecule has 1 heterocycles. The maximum atomic E-state index is 13.4. The fourth-order valence-corrected chi connectivity index (χ4v) is 4.06. The molecule has 0 spiro atoms. The van der Waals surface area contributed by atoms with Crippen LogP contribution in [0, 0.1) is 13.8 Å². The lowest BCUT2D eigenvalue weighted by atomic mass is 9.72. The van der Waals surface area contributed by atoms with Crippen molar-refractivity contribution in [1.29, 1.82) is 0 Å². The Balaban J connectivity index is 1.71. The largest absolute Gasteiger partial charge is 0.339 e.